The number of rotatable bonds is 4. The Bertz CT molecular complexity index is 634. The van der Waals surface area contributed by atoms with Gasteiger partial charge in [0.15, 0.2) is 0 Å². The second-order valence-electron chi connectivity index (χ2n) is 4.40. The molecule has 0 fully saturated rings. The van der Waals surface area contributed by atoms with Crippen LogP contribution in [0.4, 0.5) is 5.69 Å². The number of methoxy groups -OCH3 is 1. The number of amides is 1. The van der Waals surface area contributed by atoms with Crippen LogP contribution in [0, 0.1) is 0 Å². The molecular formula is C16H16N2O3. The summed E-state index contributed by atoms with van der Waals surface area (Å²) in [6.07, 6.45) is 1.92. The number of esters is 1. The van der Waals surface area contributed by atoms with E-state index in [0.29, 0.717) is 12.0 Å². The van der Waals surface area contributed by atoms with E-state index in [-0.39, 0.29) is 5.91 Å². The average molecular weight is 284 g/mol. The summed E-state index contributed by atoms with van der Waals surface area (Å²) >= 11 is 0. The molecular weight excluding hydrogens is 268 g/mol. The number of benzene rings is 1. The smallest absolute Gasteiger partial charge is 0.339 e. The minimum Gasteiger partial charge on any atom is -0.465 e. The molecule has 1 N–H and O–H groups in total. The molecule has 1 amide bonds. The fraction of sp³-hybridized carbons (Fsp3) is 0.188. The van der Waals surface area contributed by atoms with E-state index < -0.39 is 5.97 Å². The lowest BCUT2D eigenvalue weighted by atomic mass is 10.1. The van der Waals surface area contributed by atoms with E-state index in [1.807, 2.05) is 24.3 Å². The van der Waals surface area contributed by atoms with Gasteiger partial charge < -0.3 is 10.1 Å². The summed E-state index contributed by atoms with van der Waals surface area (Å²) in [5.74, 6) is -0.435. The van der Waals surface area contributed by atoms with Crippen LogP contribution in [0.15, 0.2) is 42.6 Å². The molecule has 1 aromatic heterocycles. The predicted molar refractivity (Wildman–Crippen MR) is 79.9 cm³/mol. The lowest BCUT2D eigenvalue weighted by molar-refractivity contribution is -0.115. The van der Waals surface area contributed by atoms with Crippen LogP contribution >= 0.6 is 0 Å². The van der Waals surface area contributed by atoms with Gasteiger partial charge in [-0.15, -0.1) is 0 Å². The number of pyridine rings is 1. The molecule has 2 rings (SSSR count). The molecule has 0 aliphatic heterocycles. The second-order valence-corrected chi connectivity index (χ2v) is 4.40. The summed E-state index contributed by atoms with van der Waals surface area (Å²) in [6.45, 7) is 1.80. The lowest BCUT2D eigenvalue weighted by Crippen LogP contribution is -2.09. The van der Waals surface area contributed by atoms with Gasteiger partial charge in [-0.3, -0.25) is 9.78 Å². The van der Waals surface area contributed by atoms with Crippen molar-refractivity contribution in [3.05, 3.63) is 48.2 Å². The molecule has 5 heteroatoms. The third-order valence-electron chi connectivity index (χ3n) is 2.97. The fourth-order valence-corrected chi connectivity index (χ4v) is 1.78. The Morgan fingerprint density at radius 1 is 1.14 bits per heavy atom. The number of nitrogens with one attached hydrogen (secondary N) is 1. The van der Waals surface area contributed by atoms with E-state index in [1.54, 1.807) is 19.1 Å². The van der Waals surface area contributed by atoms with Crippen molar-refractivity contribution in [1.29, 1.82) is 0 Å². The van der Waals surface area contributed by atoms with Crippen molar-refractivity contribution in [1.82, 2.24) is 4.98 Å². The maximum absolute atomic E-state index is 11.3. The van der Waals surface area contributed by atoms with E-state index >= 15 is 0 Å². The quantitative estimate of drug-likeness (QED) is 0.876. The highest BCUT2D eigenvalue weighted by Gasteiger charge is 2.06. The third-order valence-corrected chi connectivity index (χ3v) is 2.97. The highest BCUT2D eigenvalue weighted by Crippen LogP contribution is 2.20. The maximum Gasteiger partial charge on any atom is 0.339 e. The van der Waals surface area contributed by atoms with Crippen LogP contribution in [0.5, 0.6) is 0 Å². The summed E-state index contributed by atoms with van der Waals surface area (Å²) in [4.78, 5) is 26.9. The highest BCUT2D eigenvalue weighted by atomic mass is 16.5. The molecule has 0 bridgehead atoms. The molecule has 0 radical (unpaired) electrons. The van der Waals surface area contributed by atoms with Gasteiger partial charge in [0.1, 0.15) is 0 Å². The van der Waals surface area contributed by atoms with Gasteiger partial charge >= 0.3 is 5.97 Å². The number of hydrogen-bond acceptors (Lipinski definition) is 4. The molecule has 0 atom stereocenters. The molecule has 108 valence electrons. The minimum atomic E-state index is -0.410. The number of nitrogens with zero attached hydrogens (tertiary/aromatic N) is 1. The van der Waals surface area contributed by atoms with Crippen molar-refractivity contribution < 1.29 is 14.3 Å². The molecule has 1 aromatic carbocycles. The summed E-state index contributed by atoms with van der Waals surface area (Å²) in [7, 11) is 1.33. The molecule has 0 aliphatic rings. The molecule has 0 spiro atoms. The van der Waals surface area contributed by atoms with Crippen molar-refractivity contribution in [2.24, 2.45) is 0 Å². The average Bonchev–Trinajstić information content (AvgIpc) is 2.55. The van der Waals surface area contributed by atoms with E-state index in [0.717, 1.165) is 16.9 Å². The van der Waals surface area contributed by atoms with Crippen LogP contribution in [0.1, 0.15) is 23.7 Å². The van der Waals surface area contributed by atoms with Gasteiger partial charge in [-0.1, -0.05) is 19.1 Å². The van der Waals surface area contributed by atoms with Gasteiger partial charge in [0.2, 0.25) is 5.91 Å². The van der Waals surface area contributed by atoms with Gasteiger partial charge in [-0.25, -0.2) is 4.79 Å². The molecule has 0 saturated heterocycles. The molecule has 5 nitrogen and oxygen atoms in total. The Morgan fingerprint density at radius 3 is 2.38 bits per heavy atom. The van der Waals surface area contributed by atoms with Crippen LogP contribution in [-0.4, -0.2) is 24.0 Å². The monoisotopic (exact) mass is 284 g/mol. The lowest BCUT2D eigenvalue weighted by Gasteiger charge is -2.06. The zero-order chi connectivity index (χ0) is 15.2. The molecule has 2 aromatic rings. The molecule has 0 aliphatic carbocycles. The first-order valence-electron chi connectivity index (χ1n) is 6.58. The fourth-order valence-electron chi connectivity index (χ4n) is 1.78. The number of carbonyl (C=O) groups is 2. The first-order chi connectivity index (χ1) is 10.1. The summed E-state index contributed by atoms with van der Waals surface area (Å²) in [5.41, 5.74) is 2.81. The first-order valence-corrected chi connectivity index (χ1v) is 6.58. The van der Waals surface area contributed by atoms with Crippen molar-refractivity contribution >= 4 is 17.6 Å². The Balaban J connectivity index is 2.15. The molecule has 0 saturated carbocycles. The highest BCUT2D eigenvalue weighted by molar-refractivity contribution is 5.91. The number of hydrogen-bond donors (Lipinski definition) is 1. The Hall–Kier alpha value is -2.69. The van der Waals surface area contributed by atoms with Crippen LogP contribution < -0.4 is 5.32 Å². The Kier molecular flexibility index (Phi) is 4.66. The zero-order valence-corrected chi connectivity index (χ0v) is 11.9. The van der Waals surface area contributed by atoms with E-state index in [9.17, 15) is 9.59 Å². The normalized spacial score (nSPS) is 10.0. The Labute approximate surface area is 123 Å². The second kappa shape index (κ2) is 6.65. The van der Waals surface area contributed by atoms with Crippen molar-refractivity contribution in [2.75, 3.05) is 12.4 Å². The van der Waals surface area contributed by atoms with Gasteiger partial charge in [0, 0.05) is 23.9 Å². The summed E-state index contributed by atoms with van der Waals surface area (Å²) < 4.78 is 4.63. The van der Waals surface area contributed by atoms with Crippen molar-refractivity contribution in [3.63, 3.8) is 0 Å². The third kappa shape index (κ3) is 3.66. The standard InChI is InChI=1S/C16H16N2O3/c1-3-15(19)18-13-7-4-11(5-8-13)14-9-6-12(10-17-14)16(20)21-2/h4-10H,3H2,1-2H3,(H,18,19). The number of anilines is 1. The van der Waals surface area contributed by atoms with Crippen LogP contribution in [-0.2, 0) is 9.53 Å². The van der Waals surface area contributed by atoms with Gasteiger partial charge in [0.05, 0.1) is 18.4 Å². The minimum absolute atomic E-state index is 0.0247. The SMILES string of the molecule is CCC(=O)Nc1ccc(-c2ccc(C(=O)OC)cn2)cc1. The molecule has 1 heterocycles. The maximum atomic E-state index is 11.3. The van der Waals surface area contributed by atoms with E-state index in [1.165, 1.54) is 13.3 Å². The first kappa shape index (κ1) is 14.7. The Morgan fingerprint density at radius 2 is 1.86 bits per heavy atom. The van der Waals surface area contributed by atoms with Crippen molar-refractivity contribution in [3.8, 4) is 11.3 Å². The van der Waals surface area contributed by atoms with Crippen LogP contribution in [0.25, 0.3) is 11.3 Å². The zero-order valence-electron chi connectivity index (χ0n) is 11.9. The van der Waals surface area contributed by atoms with E-state index in [4.69, 9.17) is 0 Å². The molecule has 0 unspecified atom stereocenters. The number of ether oxygens (including phenoxy) is 1. The van der Waals surface area contributed by atoms with E-state index in [2.05, 4.69) is 15.0 Å². The topological polar surface area (TPSA) is 68.3 Å². The van der Waals surface area contributed by atoms with Crippen molar-refractivity contribution in [2.45, 2.75) is 13.3 Å². The van der Waals surface area contributed by atoms with Gasteiger partial charge in [-0.2, -0.15) is 0 Å². The van der Waals surface area contributed by atoms with Crippen LogP contribution in [0.3, 0.4) is 0 Å². The van der Waals surface area contributed by atoms with Crippen LogP contribution in [0.2, 0.25) is 0 Å². The molecule has 21 heavy (non-hydrogen) atoms. The largest absolute Gasteiger partial charge is 0.465 e. The van der Waals surface area contributed by atoms with Gasteiger partial charge in [0.25, 0.3) is 0 Å². The number of carbonyl (C=O) groups excluding carboxylic acids is 2. The van der Waals surface area contributed by atoms with Gasteiger partial charge in [-0.05, 0) is 24.3 Å². The summed E-state index contributed by atoms with van der Waals surface area (Å²) in [5, 5.41) is 2.78. The number of aromatic nitrogens is 1. The predicted octanol–water partition coefficient (Wildman–Crippen LogP) is 2.88. The summed E-state index contributed by atoms with van der Waals surface area (Å²) in [6, 6.07) is 10.8.